The van der Waals surface area contributed by atoms with Crippen molar-refractivity contribution in [2.45, 2.75) is 41.1 Å². The zero-order valence-electron chi connectivity index (χ0n) is 13.2. The lowest BCUT2D eigenvalue weighted by Crippen LogP contribution is -2.46. The van der Waals surface area contributed by atoms with E-state index in [-0.39, 0.29) is 11.3 Å². The fraction of sp³-hybridized carbons (Fsp3) is 0.438. The molecule has 2 aliphatic carbocycles. The van der Waals surface area contributed by atoms with Gasteiger partial charge in [0, 0.05) is 5.92 Å². The molecule has 2 atom stereocenters. The first-order chi connectivity index (χ1) is 11.1. The first-order valence-corrected chi connectivity index (χ1v) is 10.7. The maximum atomic E-state index is 13.0. The fourth-order valence-corrected chi connectivity index (χ4v) is 6.37. The molecular weight excluding hydrogens is 350 g/mol. The fourth-order valence-electron chi connectivity index (χ4n) is 2.84. The molecular formula is C16H19NO5S2. The Morgan fingerprint density at radius 1 is 1.21 bits per heavy atom. The quantitative estimate of drug-likeness (QED) is 0.763. The number of carbonyl (C=O) groups is 1. The summed E-state index contributed by atoms with van der Waals surface area (Å²) in [5.41, 5.74) is 0.889. The second kappa shape index (κ2) is 5.42. The molecule has 0 radical (unpaired) electrons. The minimum Gasteiger partial charge on any atom is -0.272 e. The lowest BCUT2D eigenvalue weighted by molar-refractivity contribution is -0.119. The summed E-state index contributed by atoms with van der Waals surface area (Å²) in [7, 11) is -7.84. The Balaban J connectivity index is 1.98. The first kappa shape index (κ1) is 17.2. The van der Waals surface area contributed by atoms with E-state index in [1.807, 2.05) is 11.6 Å². The normalized spacial score (nSPS) is 26.6. The van der Waals surface area contributed by atoms with Crippen LogP contribution in [0.2, 0.25) is 0 Å². The molecule has 130 valence electrons. The molecule has 0 aliphatic heterocycles. The Bertz CT molecular complexity index is 898. The number of aryl methyl sites for hydroxylation is 1. The standard InChI is InChI=1S/C16H19NO5S2/c1-3-12-10-16(12,15(18)17-24(21,22)14-8-9-14)23(19,20)13-6-4-11(2)5-7-13/h3-7,12,14H,1,8-10H2,2H3,(H,17,18)/t12-,16-/m1/s1. The van der Waals surface area contributed by atoms with Gasteiger partial charge >= 0.3 is 0 Å². The van der Waals surface area contributed by atoms with Crippen LogP contribution in [0.1, 0.15) is 24.8 Å². The molecule has 0 unspecified atom stereocenters. The molecule has 0 bridgehead atoms. The number of allylic oxidation sites excluding steroid dienone is 1. The third kappa shape index (κ3) is 2.57. The van der Waals surface area contributed by atoms with Crippen molar-refractivity contribution >= 4 is 25.8 Å². The van der Waals surface area contributed by atoms with Crippen LogP contribution in [0.4, 0.5) is 0 Å². The van der Waals surface area contributed by atoms with Gasteiger partial charge in [0.25, 0.3) is 5.91 Å². The summed E-state index contributed by atoms with van der Waals surface area (Å²) in [5.74, 6) is -1.57. The molecule has 2 fully saturated rings. The van der Waals surface area contributed by atoms with E-state index in [4.69, 9.17) is 0 Å². The van der Waals surface area contributed by atoms with Crippen LogP contribution >= 0.6 is 0 Å². The molecule has 2 aliphatic rings. The van der Waals surface area contributed by atoms with Crippen LogP contribution in [0.5, 0.6) is 0 Å². The Kier molecular flexibility index (Phi) is 3.88. The van der Waals surface area contributed by atoms with Gasteiger partial charge in [0.2, 0.25) is 10.0 Å². The van der Waals surface area contributed by atoms with Crippen molar-refractivity contribution in [1.82, 2.24) is 4.72 Å². The van der Waals surface area contributed by atoms with Gasteiger partial charge in [-0.15, -0.1) is 6.58 Å². The van der Waals surface area contributed by atoms with Crippen LogP contribution in [-0.4, -0.2) is 32.7 Å². The number of nitrogens with one attached hydrogen (secondary N) is 1. The number of sulfone groups is 1. The zero-order chi connectivity index (χ0) is 17.8. The highest BCUT2D eigenvalue weighted by molar-refractivity contribution is 7.94. The largest absolute Gasteiger partial charge is 0.272 e. The summed E-state index contributed by atoms with van der Waals surface area (Å²) >= 11 is 0. The minimum atomic E-state index is -4.03. The molecule has 8 heteroatoms. The number of carbonyl (C=O) groups excluding carboxylic acids is 1. The summed E-state index contributed by atoms with van der Waals surface area (Å²) < 4.78 is 50.3. The summed E-state index contributed by atoms with van der Waals surface area (Å²) in [6.45, 7) is 5.40. The van der Waals surface area contributed by atoms with Gasteiger partial charge in [-0.3, -0.25) is 9.52 Å². The van der Waals surface area contributed by atoms with Gasteiger partial charge in [-0.2, -0.15) is 0 Å². The van der Waals surface area contributed by atoms with Crippen molar-refractivity contribution in [2.75, 3.05) is 0 Å². The number of sulfonamides is 1. The Hall–Kier alpha value is -1.67. The van der Waals surface area contributed by atoms with Crippen LogP contribution in [-0.2, 0) is 24.7 Å². The van der Waals surface area contributed by atoms with E-state index in [2.05, 4.69) is 6.58 Å². The highest BCUT2D eigenvalue weighted by Gasteiger charge is 2.69. The van der Waals surface area contributed by atoms with Crippen LogP contribution < -0.4 is 4.72 Å². The minimum absolute atomic E-state index is 0.0106. The first-order valence-electron chi connectivity index (χ1n) is 7.65. The summed E-state index contributed by atoms with van der Waals surface area (Å²) in [5, 5.41) is -0.596. The van der Waals surface area contributed by atoms with Gasteiger partial charge < -0.3 is 0 Å². The number of amides is 1. The molecule has 3 rings (SSSR count). The van der Waals surface area contributed by atoms with Crippen molar-refractivity contribution in [3.63, 3.8) is 0 Å². The summed E-state index contributed by atoms with van der Waals surface area (Å²) in [6.07, 6.45) is 2.42. The molecule has 1 aromatic rings. The van der Waals surface area contributed by atoms with E-state index in [1.54, 1.807) is 12.1 Å². The van der Waals surface area contributed by atoms with Crippen molar-refractivity contribution in [3.8, 4) is 0 Å². The molecule has 6 nitrogen and oxygen atoms in total. The van der Waals surface area contributed by atoms with Crippen LogP contribution in [0, 0.1) is 12.8 Å². The van der Waals surface area contributed by atoms with Crippen molar-refractivity contribution in [1.29, 1.82) is 0 Å². The number of benzene rings is 1. The highest BCUT2D eigenvalue weighted by Crippen LogP contribution is 2.53. The molecule has 0 spiro atoms. The lowest BCUT2D eigenvalue weighted by atomic mass is 10.2. The van der Waals surface area contributed by atoms with Crippen LogP contribution in [0.15, 0.2) is 41.8 Å². The predicted octanol–water partition coefficient (Wildman–Crippen LogP) is 1.32. The van der Waals surface area contributed by atoms with Crippen LogP contribution in [0.3, 0.4) is 0 Å². The third-order valence-corrected chi connectivity index (χ3v) is 8.97. The third-order valence-electron chi connectivity index (χ3n) is 4.64. The van der Waals surface area contributed by atoms with E-state index in [0.29, 0.717) is 12.8 Å². The van der Waals surface area contributed by atoms with E-state index < -0.39 is 41.7 Å². The molecule has 1 aromatic carbocycles. The average Bonchev–Trinajstić information content (AvgIpc) is 3.38. The summed E-state index contributed by atoms with van der Waals surface area (Å²) in [4.78, 5) is 12.6. The maximum absolute atomic E-state index is 13.0. The number of hydrogen-bond acceptors (Lipinski definition) is 5. The molecule has 0 saturated heterocycles. The zero-order valence-corrected chi connectivity index (χ0v) is 14.9. The van der Waals surface area contributed by atoms with Gasteiger partial charge in [-0.1, -0.05) is 23.8 Å². The predicted molar refractivity (Wildman–Crippen MR) is 89.5 cm³/mol. The molecule has 2 saturated carbocycles. The average molecular weight is 369 g/mol. The van der Waals surface area contributed by atoms with Crippen molar-refractivity contribution in [2.24, 2.45) is 5.92 Å². The van der Waals surface area contributed by atoms with E-state index in [9.17, 15) is 21.6 Å². The SMILES string of the molecule is C=C[C@@H]1C[C@@]1(C(=O)NS(=O)(=O)C1CC1)S(=O)(=O)c1ccc(C)cc1. The Labute approximate surface area is 141 Å². The van der Waals surface area contributed by atoms with Gasteiger partial charge in [0.05, 0.1) is 10.1 Å². The second-order valence-electron chi connectivity index (χ2n) is 6.43. The van der Waals surface area contributed by atoms with Crippen LogP contribution in [0.25, 0.3) is 0 Å². The van der Waals surface area contributed by atoms with E-state index in [1.165, 1.54) is 18.2 Å². The monoisotopic (exact) mass is 369 g/mol. The molecule has 0 aromatic heterocycles. The number of hydrogen-bond donors (Lipinski definition) is 1. The highest BCUT2D eigenvalue weighted by atomic mass is 32.2. The smallest absolute Gasteiger partial charge is 0.255 e. The summed E-state index contributed by atoms with van der Waals surface area (Å²) in [6, 6.07) is 6.16. The van der Waals surface area contributed by atoms with Gasteiger partial charge in [-0.05, 0) is 38.3 Å². The molecule has 1 amide bonds. The molecule has 0 heterocycles. The van der Waals surface area contributed by atoms with E-state index >= 15 is 0 Å². The van der Waals surface area contributed by atoms with Gasteiger partial charge in [0.1, 0.15) is 0 Å². The molecule has 24 heavy (non-hydrogen) atoms. The Morgan fingerprint density at radius 2 is 1.79 bits per heavy atom. The van der Waals surface area contributed by atoms with E-state index in [0.717, 1.165) is 5.56 Å². The Morgan fingerprint density at radius 3 is 2.25 bits per heavy atom. The van der Waals surface area contributed by atoms with Gasteiger partial charge in [-0.25, -0.2) is 16.8 Å². The maximum Gasteiger partial charge on any atom is 0.255 e. The second-order valence-corrected chi connectivity index (χ2v) is 10.6. The van der Waals surface area contributed by atoms with Gasteiger partial charge in [0.15, 0.2) is 14.6 Å². The number of rotatable bonds is 6. The van der Waals surface area contributed by atoms with Crippen molar-refractivity contribution in [3.05, 3.63) is 42.5 Å². The van der Waals surface area contributed by atoms with Crippen molar-refractivity contribution < 1.29 is 21.6 Å². The lowest BCUT2D eigenvalue weighted by Gasteiger charge is -2.18. The topological polar surface area (TPSA) is 97.4 Å². The molecule has 1 N–H and O–H groups in total.